The molecule has 1 aromatic carbocycles. The molecule has 2 unspecified atom stereocenters. The van der Waals surface area contributed by atoms with Crippen molar-refractivity contribution in [2.24, 2.45) is 0 Å². The summed E-state index contributed by atoms with van der Waals surface area (Å²) in [6.45, 7) is 1.82. The van der Waals surface area contributed by atoms with Gasteiger partial charge in [0, 0.05) is 12.1 Å². The molecule has 0 saturated carbocycles. The van der Waals surface area contributed by atoms with Gasteiger partial charge in [-0.25, -0.2) is 4.21 Å². The van der Waals surface area contributed by atoms with Gasteiger partial charge in [0.05, 0.1) is 7.11 Å². The maximum atomic E-state index is 12.7. The average Bonchev–Trinajstić information content (AvgIpc) is 2.49. The Hall–Kier alpha value is -2.21. The number of aryl methyl sites for hydroxylation is 1. The van der Waals surface area contributed by atoms with Gasteiger partial charge in [-0.15, -0.1) is 0 Å². The van der Waals surface area contributed by atoms with E-state index in [4.69, 9.17) is 4.74 Å². The summed E-state index contributed by atoms with van der Waals surface area (Å²) in [4.78, 5) is 12.1. The lowest BCUT2D eigenvalue weighted by Gasteiger charge is -2.16. The van der Waals surface area contributed by atoms with Gasteiger partial charge in [-0.05, 0) is 24.1 Å². The molecular weight excluding hydrogens is 290 g/mol. The first-order valence-electron chi connectivity index (χ1n) is 6.28. The molecule has 0 radical (unpaired) electrons. The van der Waals surface area contributed by atoms with Crippen molar-refractivity contribution in [2.75, 3.05) is 7.11 Å². The highest BCUT2D eigenvalue weighted by Gasteiger charge is 2.34. The average molecular weight is 305 g/mol. The van der Waals surface area contributed by atoms with E-state index >= 15 is 0 Å². The number of carbonyl (C=O) groups excluding carboxylic acids is 1. The minimum Gasteiger partial charge on any atom is -0.618 e. The van der Waals surface area contributed by atoms with Crippen LogP contribution < -0.4 is 4.73 Å². The topological polar surface area (TPSA) is 70.3 Å². The van der Waals surface area contributed by atoms with Gasteiger partial charge in [0.1, 0.15) is 10.8 Å². The van der Waals surface area contributed by atoms with Crippen LogP contribution in [-0.2, 0) is 20.3 Å². The number of esters is 1. The van der Waals surface area contributed by atoms with Crippen LogP contribution in [0.1, 0.15) is 16.4 Å². The molecular formula is C15H15NO4S. The molecule has 5 nitrogen and oxygen atoms in total. The second-order valence-electron chi connectivity index (χ2n) is 4.42. The van der Waals surface area contributed by atoms with Crippen LogP contribution in [0.4, 0.5) is 0 Å². The number of carbonyl (C=O) groups is 1. The summed E-state index contributed by atoms with van der Waals surface area (Å²) in [5, 5.41) is 10.8. The van der Waals surface area contributed by atoms with Crippen molar-refractivity contribution in [2.45, 2.75) is 17.2 Å². The van der Waals surface area contributed by atoms with Crippen molar-refractivity contribution >= 4 is 16.8 Å². The van der Waals surface area contributed by atoms with E-state index in [0.29, 0.717) is 10.3 Å². The number of aromatic nitrogens is 1. The highest BCUT2D eigenvalue weighted by molar-refractivity contribution is 7.85. The minimum absolute atomic E-state index is 0.0242. The van der Waals surface area contributed by atoms with Crippen molar-refractivity contribution in [3.63, 3.8) is 0 Å². The van der Waals surface area contributed by atoms with Crippen molar-refractivity contribution in [1.82, 2.24) is 0 Å². The molecule has 110 valence electrons. The van der Waals surface area contributed by atoms with E-state index in [9.17, 15) is 14.2 Å². The van der Waals surface area contributed by atoms with Crippen LogP contribution >= 0.6 is 0 Å². The normalized spacial score (nSPS) is 13.4. The zero-order valence-electron chi connectivity index (χ0n) is 11.7. The maximum Gasteiger partial charge on any atom is 0.326 e. The van der Waals surface area contributed by atoms with Gasteiger partial charge in [0.15, 0.2) is 11.4 Å². The lowest BCUT2D eigenvalue weighted by Crippen LogP contribution is -2.34. The van der Waals surface area contributed by atoms with Crippen LogP contribution in [0.5, 0.6) is 0 Å². The second kappa shape index (κ2) is 6.49. The molecule has 0 aliphatic rings. The highest BCUT2D eigenvalue weighted by atomic mass is 32.2. The lowest BCUT2D eigenvalue weighted by molar-refractivity contribution is -0.646. The Morgan fingerprint density at radius 1 is 1.24 bits per heavy atom. The summed E-state index contributed by atoms with van der Waals surface area (Å²) < 4.78 is 18.0. The summed E-state index contributed by atoms with van der Waals surface area (Å²) in [5.41, 5.74) is 1.40. The Balaban J connectivity index is 2.52. The fraction of sp³-hybridized carbons (Fsp3) is 0.200. The third-order valence-electron chi connectivity index (χ3n) is 3.09. The zero-order chi connectivity index (χ0) is 15.4. The van der Waals surface area contributed by atoms with Crippen molar-refractivity contribution < 1.29 is 18.5 Å². The summed E-state index contributed by atoms with van der Waals surface area (Å²) in [6, 6.07) is 11.7. The first kappa shape index (κ1) is 15.2. The number of methoxy groups -OCH3 is 1. The summed E-state index contributed by atoms with van der Waals surface area (Å²) in [5.74, 6) is -0.633. The van der Waals surface area contributed by atoms with Gasteiger partial charge in [0.2, 0.25) is 0 Å². The van der Waals surface area contributed by atoms with Crippen LogP contribution in [0, 0.1) is 12.1 Å². The number of rotatable bonds is 4. The van der Waals surface area contributed by atoms with E-state index in [0.717, 1.165) is 5.56 Å². The molecule has 21 heavy (non-hydrogen) atoms. The highest BCUT2D eigenvalue weighted by Crippen LogP contribution is 2.27. The zero-order valence-corrected chi connectivity index (χ0v) is 12.5. The second-order valence-corrected chi connectivity index (χ2v) is 5.91. The smallest absolute Gasteiger partial charge is 0.326 e. The third-order valence-corrected chi connectivity index (χ3v) is 4.70. The molecule has 0 bridgehead atoms. The molecule has 1 aromatic heterocycles. The number of ether oxygens (including phenoxy) is 1. The van der Waals surface area contributed by atoms with Crippen LogP contribution in [0.15, 0.2) is 53.7 Å². The Morgan fingerprint density at radius 3 is 2.52 bits per heavy atom. The van der Waals surface area contributed by atoms with Crippen molar-refractivity contribution in [3.8, 4) is 0 Å². The van der Waals surface area contributed by atoms with E-state index in [1.165, 1.54) is 25.4 Å². The van der Waals surface area contributed by atoms with E-state index in [2.05, 4.69) is 0 Å². The maximum absolute atomic E-state index is 12.7. The molecule has 0 amide bonds. The molecule has 0 fully saturated rings. The summed E-state index contributed by atoms with van der Waals surface area (Å²) in [6.07, 6.45) is 1.25. The van der Waals surface area contributed by atoms with Crippen molar-refractivity contribution in [1.29, 1.82) is 0 Å². The van der Waals surface area contributed by atoms with Crippen LogP contribution in [-0.4, -0.2) is 17.3 Å². The molecule has 1 heterocycles. The van der Waals surface area contributed by atoms with Gasteiger partial charge in [-0.2, -0.15) is 4.73 Å². The van der Waals surface area contributed by atoms with E-state index < -0.39 is 22.0 Å². The minimum atomic E-state index is -1.85. The first-order chi connectivity index (χ1) is 10.1. The number of benzene rings is 1. The van der Waals surface area contributed by atoms with Crippen LogP contribution in [0.25, 0.3) is 0 Å². The van der Waals surface area contributed by atoms with Gasteiger partial charge >= 0.3 is 5.97 Å². The molecule has 2 rings (SSSR count). The first-order valence-corrected chi connectivity index (χ1v) is 7.49. The van der Waals surface area contributed by atoms with Crippen molar-refractivity contribution in [3.05, 3.63) is 65.0 Å². The van der Waals surface area contributed by atoms with Crippen LogP contribution in [0.3, 0.4) is 0 Å². The summed E-state index contributed by atoms with van der Waals surface area (Å²) >= 11 is 0. The fourth-order valence-corrected chi connectivity index (χ4v) is 3.47. The SMILES string of the molecule is COC(=O)C(c1ccccc1C)S(=O)c1cccc[n+]1[O-]. The molecule has 0 aliphatic carbocycles. The quantitative estimate of drug-likeness (QED) is 0.489. The fourth-order valence-electron chi connectivity index (χ4n) is 2.01. The van der Waals surface area contributed by atoms with E-state index in [-0.39, 0.29) is 5.03 Å². The predicted molar refractivity (Wildman–Crippen MR) is 77.7 cm³/mol. The Labute approximate surface area is 125 Å². The number of hydrogen-bond donors (Lipinski definition) is 0. The largest absolute Gasteiger partial charge is 0.618 e. The van der Waals surface area contributed by atoms with Crippen LogP contribution in [0.2, 0.25) is 0 Å². The lowest BCUT2D eigenvalue weighted by atomic mass is 10.1. The van der Waals surface area contributed by atoms with E-state index in [1.54, 1.807) is 18.2 Å². The molecule has 0 saturated heterocycles. The Bertz CT molecular complexity index is 687. The van der Waals surface area contributed by atoms with Gasteiger partial charge in [0.25, 0.3) is 5.03 Å². The molecule has 0 spiro atoms. The molecule has 6 heteroatoms. The molecule has 0 aliphatic heterocycles. The Kier molecular flexibility index (Phi) is 4.70. The molecule has 2 aromatic rings. The molecule has 2 atom stereocenters. The molecule has 0 N–H and O–H groups in total. The number of hydrogen-bond acceptors (Lipinski definition) is 4. The Morgan fingerprint density at radius 2 is 1.90 bits per heavy atom. The summed E-state index contributed by atoms with van der Waals surface area (Å²) in [7, 11) is -0.611. The number of pyridine rings is 1. The third kappa shape index (κ3) is 3.11. The number of nitrogens with zero attached hydrogens (tertiary/aromatic N) is 1. The van der Waals surface area contributed by atoms with Gasteiger partial charge in [-0.1, -0.05) is 24.3 Å². The standard InChI is InChI=1S/C15H15NO4S/c1-11-7-3-4-8-12(11)14(15(17)20-2)21(19)13-9-5-6-10-16(13)18/h3-10,14H,1-2H3. The predicted octanol–water partition coefficient (Wildman–Crippen LogP) is 1.65. The monoisotopic (exact) mass is 305 g/mol. The van der Waals surface area contributed by atoms with Gasteiger partial charge < -0.3 is 9.94 Å². The van der Waals surface area contributed by atoms with E-state index in [1.807, 2.05) is 19.1 Å². The van der Waals surface area contributed by atoms with Gasteiger partial charge in [-0.3, -0.25) is 4.79 Å².